The van der Waals surface area contributed by atoms with Crippen molar-refractivity contribution >= 4 is 38.2 Å². The summed E-state index contributed by atoms with van der Waals surface area (Å²) in [6, 6.07) is 19.6. The molecule has 1 aliphatic heterocycles. The van der Waals surface area contributed by atoms with Crippen LogP contribution in [0, 0.1) is 0 Å². The van der Waals surface area contributed by atoms with Gasteiger partial charge in [-0.2, -0.15) is 0 Å². The Hall–Kier alpha value is -3.39. The van der Waals surface area contributed by atoms with E-state index in [9.17, 15) is 13.2 Å². The molecule has 0 fully saturated rings. The van der Waals surface area contributed by atoms with Gasteiger partial charge >= 0.3 is 0 Å². The Morgan fingerprint density at radius 3 is 2.63 bits per heavy atom. The maximum absolute atomic E-state index is 12.5. The number of nitrogens with one attached hydrogen (secondary N) is 2. The van der Waals surface area contributed by atoms with Gasteiger partial charge in [0.1, 0.15) is 11.6 Å². The van der Waals surface area contributed by atoms with Crippen molar-refractivity contribution in [2.24, 2.45) is 4.99 Å². The van der Waals surface area contributed by atoms with E-state index in [0.717, 1.165) is 17.2 Å². The molecule has 3 aromatic rings. The first-order valence-electron chi connectivity index (χ1n) is 9.57. The predicted molar refractivity (Wildman–Crippen MR) is 116 cm³/mol. The van der Waals surface area contributed by atoms with Crippen LogP contribution in [0.1, 0.15) is 12.8 Å². The smallest absolute Gasteiger partial charge is 0.262 e. The number of anilines is 1. The van der Waals surface area contributed by atoms with Gasteiger partial charge in [-0.15, -0.1) is 0 Å². The first kappa shape index (κ1) is 19.9. The van der Waals surface area contributed by atoms with E-state index in [1.807, 2.05) is 36.4 Å². The number of amidine groups is 1. The van der Waals surface area contributed by atoms with Crippen LogP contribution in [0.3, 0.4) is 0 Å². The quantitative estimate of drug-likeness (QED) is 0.636. The topological polar surface area (TPSA) is 96.9 Å². The molecule has 1 amide bonds. The van der Waals surface area contributed by atoms with E-state index in [4.69, 9.17) is 4.74 Å². The number of ether oxygens (including phenoxy) is 1. The van der Waals surface area contributed by atoms with Gasteiger partial charge in [-0.1, -0.05) is 36.4 Å². The number of carbonyl (C=O) groups is 1. The first-order chi connectivity index (χ1) is 14.5. The van der Waals surface area contributed by atoms with E-state index < -0.39 is 10.0 Å². The standard InChI is InChI=1S/C22H21N3O4S/c26-22(15-29-19-11-10-16-5-1-2-6-17(16)13-19)24-18-7-3-8-20(14-18)30(27,28)25-21-9-4-12-23-21/h1-3,5-8,10-11,13-14H,4,9,12,15H2,(H,23,25)(H,24,26). The molecule has 1 heterocycles. The van der Waals surface area contributed by atoms with E-state index in [-0.39, 0.29) is 17.4 Å². The summed E-state index contributed by atoms with van der Waals surface area (Å²) >= 11 is 0. The predicted octanol–water partition coefficient (Wildman–Crippen LogP) is 3.33. The highest BCUT2D eigenvalue weighted by molar-refractivity contribution is 7.90. The number of amides is 1. The molecule has 0 saturated heterocycles. The van der Waals surface area contributed by atoms with E-state index in [1.165, 1.54) is 12.1 Å². The molecule has 0 spiro atoms. The zero-order valence-electron chi connectivity index (χ0n) is 16.2. The van der Waals surface area contributed by atoms with Gasteiger partial charge in [-0.3, -0.25) is 14.5 Å². The summed E-state index contributed by atoms with van der Waals surface area (Å²) in [6.07, 6.45) is 1.45. The number of sulfonamides is 1. The lowest BCUT2D eigenvalue weighted by Gasteiger charge is -2.11. The van der Waals surface area contributed by atoms with Gasteiger partial charge in [0, 0.05) is 18.7 Å². The van der Waals surface area contributed by atoms with Crippen molar-refractivity contribution in [3.8, 4) is 5.75 Å². The summed E-state index contributed by atoms with van der Waals surface area (Å²) < 4.78 is 33.1. The van der Waals surface area contributed by atoms with Crippen molar-refractivity contribution in [3.63, 3.8) is 0 Å². The van der Waals surface area contributed by atoms with Crippen LogP contribution in [0.25, 0.3) is 10.8 Å². The Labute approximate surface area is 174 Å². The molecule has 30 heavy (non-hydrogen) atoms. The third-order valence-corrected chi connectivity index (χ3v) is 6.02. The molecule has 0 bridgehead atoms. The minimum Gasteiger partial charge on any atom is -0.484 e. The number of fused-ring (bicyclic) bond motifs is 1. The summed E-state index contributed by atoms with van der Waals surface area (Å²) in [6.45, 7) is 0.440. The van der Waals surface area contributed by atoms with Gasteiger partial charge in [-0.25, -0.2) is 8.42 Å². The lowest BCUT2D eigenvalue weighted by atomic mass is 10.1. The largest absolute Gasteiger partial charge is 0.484 e. The van der Waals surface area contributed by atoms with Crippen molar-refractivity contribution in [2.45, 2.75) is 17.7 Å². The molecule has 1 aliphatic rings. The molecular weight excluding hydrogens is 402 g/mol. The third-order valence-electron chi connectivity index (χ3n) is 4.65. The first-order valence-corrected chi connectivity index (χ1v) is 11.1. The summed E-state index contributed by atoms with van der Waals surface area (Å²) in [7, 11) is -3.74. The highest BCUT2D eigenvalue weighted by Crippen LogP contribution is 2.21. The van der Waals surface area contributed by atoms with Crippen molar-refractivity contribution in [3.05, 3.63) is 66.7 Å². The minimum absolute atomic E-state index is 0.0605. The van der Waals surface area contributed by atoms with Gasteiger partial charge in [0.15, 0.2) is 6.61 Å². The molecule has 0 aromatic heterocycles. The Balaban J connectivity index is 1.38. The Bertz CT molecular complexity index is 1220. The maximum atomic E-state index is 12.5. The molecule has 0 saturated carbocycles. The van der Waals surface area contributed by atoms with Crippen LogP contribution in [0.2, 0.25) is 0 Å². The number of hydrogen-bond acceptors (Lipinski definition) is 5. The Kier molecular flexibility index (Phi) is 5.67. The molecule has 8 heteroatoms. The molecule has 0 unspecified atom stereocenters. The second-order valence-electron chi connectivity index (χ2n) is 6.91. The van der Waals surface area contributed by atoms with Crippen LogP contribution in [0.5, 0.6) is 5.75 Å². The van der Waals surface area contributed by atoms with Crippen molar-refractivity contribution < 1.29 is 17.9 Å². The number of benzene rings is 3. The molecule has 3 aromatic carbocycles. The number of carbonyl (C=O) groups excluding carboxylic acids is 1. The highest BCUT2D eigenvalue weighted by Gasteiger charge is 2.18. The van der Waals surface area contributed by atoms with E-state index in [1.54, 1.807) is 18.2 Å². The zero-order chi connectivity index (χ0) is 21.0. The van der Waals surface area contributed by atoms with E-state index in [2.05, 4.69) is 15.0 Å². The normalized spacial score (nSPS) is 13.7. The lowest BCUT2D eigenvalue weighted by molar-refractivity contribution is -0.118. The van der Waals surface area contributed by atoms with Gasteiger partial charge in [-0.05, 0) is 47.5 Å². The summed E-state index contributed by atoms with van der Waals surface area (Å²) in [5.41, 5.74) is 0.373. The molecule has 154 valence electrons. The monoisotopic (exact) mass is 423 g/mol. The van der Waals surface area contributed by atoms with Crippen LogP contribution < -0.4 is 14.8 Å². The fourth-order valence-corrected chi connectivity index (χ4v) is 4.32. The molecule has 2 N–H and O–H groups in total. The van der Waals surface area contributed by atoms with Crippen LogP contribution >= 0.6 is 0 Å². The summed E-state index contributed by atoms with van der Waals surface area (Å²) in [5, 5.41) is 4.78. The molecular formula is C22H21N3O4S. The molecule has 7 nitrogen and oxygen atoms in total. The summed E-state index contributed by atoms with van der Waals surface area (Å²) in [5.74, 6) is 0.667. The number of hydrogen-bond donors (Lipinski definition) is 2. The maximum Gasteiger partial charge on any atom is 0.262 e. The van der Waals surface area contributed by atoms with Crippen LogP contribution in [-0.2, 0) is 14.8 Å². The minimum atomic E-state index is -3.74. The molecule has 0 aliphatic carbocycles. The van der Waals surface area contributed by atoms with E-state index in [0.29, 0.717) is 30.2 Å². The zero-order valence-corrected chi connectivity index (χ0v) is 17.0. The van der Waals surface area contributed by atoms with Gasteiger partial charge in [0.25, 0.3) is 15.9 Å². The highest BCUT2D eigenvalue weighted by atomic mass is 32.2. The fraction of sp³-hybridized carbons (Fsp3) is 0.182. The van der Waals surface area contributed by atoms with Gasteiger partial charge in [0.05, 0.1) is 4.90 Å². The Morgan fingerprint density at radius 1 is 1.00 bits per heavy atom. The Morgan fingerprint density at radius 2 is 1.83 bits per heavy atom. The molecule has 4 rings (SSSR count). The van der Waals surface area contributed by atoms with Gasteiger partial charge in [0.2, 0.25) is 0 Å². The SMILES string of the molecule is O=C(COc1ccc2ccccc2c1)Nc1cccc(S(=O)(=O)NC2=NCCC2)c1. The molecule has 0 atom stereocenters. The molecule has 0 radical (unpaired) electrons. The van der Waals surface area contributed by atoms with Gasteiger partial charge < -0.3 is 10.1 Å². The van der Waals surface area contributed by atoms with Crippen molar-refractivity contribution in [2.75, 3.05) is 18.5 Å². The lowest BCUT2D eigenvalue weighted by Crippen LogP contribution is -2.29. The third kappa shape index (κ3) is 4.77. The van der Waals surface area contributed by atoms with Crippen molar-refractivity contribution in [1.82, 2.24) is 4.72 Å². The average Bonchev–Trinajstić information content (AvgIpc) is 3.24. The van der Waals surface area contributed by atoms with Crippen LogP contribution in [0.15, 0.2) is 76.6 Å². The number of aliphatic imine (C=N–C) groups is 1. The average molecular weight is 423 g/mol. The second kappa shape index (κ2) is 8.54. The fourth-order valence-electron chi connectivity index (χ4n) is 3.18. The second-order valence-corrected chi connectivity index (χ2v) is 8.59. The van der Waals surface area contributed by atoms with E-state index >= 15 is 0 Å². The van der Waals surface area contributed by atoms with Crippen molar-refractivity contribution in [1.29, 1.82) is 0 Å². The summed E-state index contributed by atoms with van der Waals surface area (Å²) in [4.78, 5) is 16.5. The number of rotatable bonds is 6. The van der Waals surface area contributed by atoms with Crippen LogP contribution in [0.4, 0.5) is 5.69 Å². The number of nitrogens with zero attached hydrogens (tertiary/aromatic N) is 1. The van der Waals surface area contributed by atoms with Crippen LogP contribution in [-0.4, -0.2) is 33.3 Å².